The van der Waals surface area contributed by atoms with E-state index < -0.39 is 23.4 Å². The molecule has 3 aliphatic heterocycles. The summed E-state index contributed by atoms with van der Waals surface area (Å²) in [5.41, 5.74) is 2.10. The minimum Gasteiger partial charge on any atom is -0.381 e. The lowest BCUT2D eigenvalue weighted by Gasteiger charge is -2.40. The van der Waals surface area contributed by atoms with E-state index >= 15 is 0 Å². The maximum absolute atomic E-state index is 14.8. The Labute approximate surface area is 159 Å². The number of aliphatic imine (C=N–C) groups is 1. The van der Waals surface area contributed by atoms with Gasteiger partial charge >= 0.3 is 0 Å². The Morgan fingerprint density at radius 3 is 2.71 bits per heavy atom. The third kappa shape index (κ3) is 2.64. The molecule has 4 nitrogen and oxygen atoms in total. The highest BCUT2D eigenvalue weighted by atomic mass is 19.1. The van der Waals surface area contributed by atoms with Crippen molar-refractivity contribution in [3.05, 3.63) is 64.5 Å². The third-order valence-electron chi connectivity index (χ3n) is 5.80. The maximum Gasteiger partial charge on any atom is 0.185 e. The molecule has 1 saturated heterocycles. The number of Topliss-reactive ketones (excluding diaryl/α,β-unsaturated/α-hetero) is 1. The van der Waals surface area contributed by atoms with Crippen LogP contribution >= 0.6 is 0 Å². The highest BCUT2D eigenvalue weighted by molar-refractivity contribution is 6.21. The van der Waals surface area contributed by atoms with Gasteiger partial charge in [-0.25, -0.2) is 13.2 Å². The number of anilines is 1. The van der Waals surface area contributed by atoms with Crippen LogP contribution in [0, 0.1) is 23.4 Å². The molecule has 1 N–H and O–H groups in total. The highest BCUT2D eigenvalue weighted by Crippen LogP contribution is 2.43. The molecule has 0 bridgehead atoms. The van der Waals surface area contributed by atoms with Gasteiger partial charge in [0, 0.05) is 47.4 Å². The fraction of sp³-hybridized carbons (Fsp3) is 0.333. The van der Waals surface area contributed by atoms with Crippen molar-refractivity contribution in [3.8, 4) is 0 Å². The number of ketones is 1. The van der Waals surface area contributed by atoms with Crippen LogP contribution in [0.5, 0.6) is 0 Å². The molecule has 5 rings (SSSR count). The molecule has 0 saturated carbocycles. The molecule has 1 fully saturated rings. The zero-order valence-corrected chi connectivity index (χ0v) is 14.8. The molecule has 3 aliphatic rings. The Morgan fingerprint density at radius 1 is 1.11 bits per heavy atom. The van der Waals surface area contributed by atoms with Crippen molar-refractivity contribution in [1.29, 1.82) is 0 Å². The van der Waals surface area contributed by atoms with E-state index in [4.69, 9.17) is 4.74 Å². The van der Waals surface area contributed by atoms with Gasteiger partial charge in [0.05, 0.1) is 12.3 Å². The Balaban J connectivity index is 1.72. The number of rotatable bonds is 2. The van der Waals surface area contributed by atoms with Crippen LogP contribution in [-0.2, 0) is 4.74 Å². The summed E-state index contributed by atoms with van der Waals surface area (Å²) in [7, 11) is 0. The lowest BCUT2D eigenvalue weighted by molar-refractivity contribution is 0.0999. The zero-order chi connectivity index (χ0) is 19.4. The number of hydrogen-bond acceptors (Lipinski definition) is 4. The van der Waals surface area contributed by atoms with Gasteiger partial charge in [0.25, 0.3) is 0 Å². The molecule has 0 spiro atoms. The molecule has 0 amide bonds. The normalized spacial score (nSPS) is 25.9. The Bertz CT molecular complexity index is 1010. The first-order valence-electron chi connectivity index (χ1n) is 9.23. The minimum absolute atomic E-state index is 0.0506. The highest BCUT2D eigenvalue weighted by Gasteiger charge is 2.44. The van der Waals surface area contributed by atoms with Gasteiger partial charge < -0.3 is 10.1 Å². The van der Waals surface area contributed by atoms with Gasteiger partial charge in [-0.2, -0.15) is 0 Å². The van der Waals surface area contributed by atoms with Crippen LogP contribution in [0.25, 0.3) is 0 Å². The first-order valence-corrected chi connectivity index (χ1v) is 9.23. The molecular formula is C21H17F3N2O2. The van der Waals surface area contributed by atoms with Crippen molar-refractivity contribution in [1.82, 2.24) is 0 Å². The largest absolute Gasteiger partial charge is 0.381 e. The van der Waals surface area contributed by atoms with Crippen molar-refractivity contribution in [3.63, 3.8) is 0 Å². The van der Waals surface area contributed by atoms with Gasteiger partial charge in [-0.15, -0.1) is 0 Å². The lowest BCUT2D eigenvalue weighted by Crippen LogP contribution is -2.45. The number of halogens is 3. The zero-order valence-electron chi connectivity index (χ0n) is 14.8. The Kier molecular flexibility index (Phi) is 4.01. The number of nitrogens with zero attached hydrogens (tertiary/aromatic N) is 1. The second kappa shape index (κ2) is 6.44. The second-order valence-electron chi connectivity index (χ2n) is 7.44. The van der Waals surface area contributed by atoms with Crippen molar-refractivity contribution in [2.75, 3.05) is 25.1 Å². The summed E-state index contributed by atoms with van der Waals surface area (Å²) in [4.78, 5) is 16.8. The Morgan fingerprint density at radius 2 is 1.96 bits per heavy atom. The van der Waals surface area contributed by atoms with Gasteiger partial charge in [-0.05, 0) is 30.2 Å². The second-order valence-corrected chi connectivity index (χ2v) is 7.44. The molecule has 0 aromatic heterocycles. The average molecular weight is 386 g/mol. The molecule has 2 aromatic rings. The smallest absolute Gasteiger partial charge is 0.185 e. The quantitative estimate of drug-likeness (QED) is 0.856. The van der Waals surface area contributed by atoms with Crippen LogP contribution in [0.15, 0.2) is 35.3 Å². The fourth-order valence-electron chi connectivity index (χ4n) is 4.55. The van der Waals surface area contributed by atoms with Gasteiger partial charge in [-0.1, -0.05) is 6.07 Å². The third-order valence-corrected chi connectivity index (χ3v) is 5.80. The van der Waals surface area contributed by atoms with Crippen LogP contribution in [0.1, 0.15) is 33.8 Å². The number of ether oxygens (including phenoxy) is 1. The van der Waals surface area contributed by atoms with Crippen LogP contribution < -0.4 is 5.32 Å². The van der Waals surface area contributed by atoms with E-state index in [-0.39, 0.29) is 29.9 Å². The van der Waals surface area contributed by atoms with Gasteiger partial charge in [0.2, 0.25) is 0 Å². The summed E-state index contributed by atoms with van der Waals surface area (Å²) in [6, 6.07) is 5.73. The number of hydrogen-bond donors (Lipinski definition) is 1. The number of benzene rings is 2. The molecule has 2 aromatic carbocycles. The molecule has 0 radical (unpaired) electrons. The maximum atomic E-state index is 14.8. The van der Waals surface area contributed by atoms with E-state index in [0.717, 1.165) is 12.5 Å². The monoisotopic (exact) mass is 386 g/mol. The van der Waals surface area contributed by atoms with E-state index in [9.17, 15) is 18.0 Å². The van der Waals surface area contributed by atoms with E-state index in [2.05, 4.69) is 10.3 Å². The van der Waals surface area contributed by atoms with Crippen LogP contribution in [-0.4, -0.2) is 37.3 Å². The van der Waals surface area contributed by atoms with Crippen molar-refractivity contribution in [2.45, 2.75) is 18.4 Å². The summed E-state index contributed by atoms with van der Waals surface area (Å²) in [5, 5.41) is 3.32. The van der Waals surface area contributed by atoms with Crippen molar-refractivity contribution in [2.24, 2.45) is 10.9 Å². The van der Waals surface area contributed by atoms with Gasteiger partial charge in [0.1, 0.15) is 24.0 Å². The van der Waals surface area contributed by atoms with Crippen molar-refractivity contribution >= 4 is 17.2 Å². The summed E-state index contributed by atoms with van der Waals surface area (Å²) >= 11 is 0. The molecule has 28 heavy (non-hydrogen) atoms. The van der Waals surface area contributed by atoms with Gasteiger partial charge in [0.15, 0.2) is 5.78 Å². The van der Waals surface area contributed by atoms with E-state index in [1.54, 1.807) is 0 Å². The van der Waals surface area contributed by atoms with Crippen LogP contribution in [0.3, 0.4) is 0 Å². The molecule has 0 unspecified atom stereocenters. The van der Waals surface area contributed by atoms with Crippen LogP contribution in [0.2, 0.25) is 0 Å². The molecule has 3 heterocycles. The molecular weight excluding hydrogens is 369 g/mol. The molecule has 144 valence electrons. The van der Waals surface area contributed by atoms with Crippen LogP contribution in [0.4, 0.5) is 18.9 Å². The van der Waals surface area contributed by atoms with E-state index in [1.807, 2.05) is 0 Å². The topological polar surface area (TPSA) is 50.7 Å². The number of carbonyl (C=O) groups excluding carboxylic acids is 1. The summed E-state index contributed by atoms with van der Waals surface area (Å²) in [6.07, 6.45) is 0.765. The fourth-order valence-corrected chi connectivity index (χ4v) is 4.55. The van der Waals surface area contributed by atoms with Crippen molar-refractivity contribution < 1.29 is 22.7 Å². The summed E-state index contributed by atoms with van der Waals surface area (Å²) in [5.74, 6) is -2.59. The number of carbonyl (C=O) groups is 1. The van der Waals surface area contributed by atoms with E-state index in [1.165, 1.54) is 24.3 Å². The lowest BCUT2D eigenvalue weighted by atomic mass is 9.73. The predicted octanol–water partition coefficient (Wildman–Crippen LogP) is 3.70. The first kappa shape index (κ1) is 17.4. The predicted molar refractivity (Wildman–Crippen MR) is 97.6 cm³/mol. The standard InChI is InChI=1S/C21H17F3N2O2/c22-11-1-2-13(15(24)6-11)19-20(10-3-4-28-9-10)26-16-7-12(23)5-14-17(27)8-25-21(19)18(14)16/h1-2,5-7,10,19-20,26H,3-4,8-9H2/t10-,19+,20+/m0/s1. The average Bonchev–Trinajstić information content (AvgIpc) is 3.19. The SMILES string of the molecule is O=C1CN=C2c3c(cc(F)cc31)N[C@H]([C@H]1CCOC1)[C@H]2c1ccc(F)cc1F. The minimum atomic E-state index is -0.664. The molecule has 3 atom stereocenters. The summed E-state index contributed by atoms with van der Waals surface area (Å²) < 4.78 is 47.9. The van der Waals surface area contributed by atoms with E-state index in [0.29, 0.717) is 35.7 Å². The first-order chi connectivity index (χ1) is 13.5. The Hall–Kier alpha value is -2.67. The van der Waals surface area contributed by atoms with Gasteiger partial charge in [-0.3, -0.25) is 9.79 Å². The summed E-state index contributed by atoms with van der Waals surface area (Å²) in [6.45, 7) is 0.965. The molecule has 0 aliphatic carbocycles. The number of nitrogens with one attached hydrogen (secondary N) is 1. The molecule has 7 heteroatoms.